The summed E-state index contributed by atoms with van der Waals surface area (Å²) in [5, 5.41) is 16.7. The van der Waals surface area contributed by atoms with Crippen molar-refractivity contribution in [1.29, 1.82) is 0 Å². The van der Waals surface area contributed by atoms with E-state index in [1.54, 1.807) is 17.5 Å². The lowest BCUT2D eigenvalue weighted by atomic mass is 9.76. The first kappa shape index (κ1) is 15.2. The van der Waals surface area contributed by atoms with Gasteiger partial charge in [0.25, 0.3) is 0 Å². The molecule has 0 unspecified atom stereocenters. The second kappa shape index (κ2) is 7.03. The lowest BCUT2D eigenvalue weighted by Gasteiger charge is -2.38. The van der Waals surface area contributed by atoms with E-state index in [1.807, 2.05) is 35.0 Å². The summed E-state index contributed by atoms with van der Waals surface area (Å²) in [4.78, 5) is 16.6. The van der Waals surface area contributed by atoms with Crippen molar-refractivity contribution < 1.29 is 9.90 Å². The molecule has 1 fully saturated rings. The Hall–Kier alpha value is -1.72. The van der Waals surface area contributed by atoms with Crippen molar-refractivity contribution >= 4 is 17.2 Å². The molecule has 1 saturated carbocycles. The molecule has 0 aliphatic heterocycles. The first-order valence-electron chi connectivity index (χ1n) is 7.59. The molecule has 22 heavy (non-hydrogen) atoms. The first-order chi connectivity index (χ1) is 10.7. The highest BCUT2D eigenvalue weighted by Gasteiger charge is 2.34. The van der Waals surface area contributed by atoms with Crippen LogP contribution in [0.25, 0.3) is 0 Å². The Balaban J connectivity index is 1.62. The summed E-state index contributed by atoms with van der Waals surface area (Å²) < 4.78 is 0. The quantitative estimate of drug-likeness (QED) is 0.859. The molecule has 2 aromatic rings. The lowest BCUT2D eigenvalue weighted by molar-refractivity contribution is -0.122. The van der Waals surface area contributed by atoms with Gasteiger partial charge >= 0.3 is 0 Å². The normalized spacial score (nSPS) is 21.9. The van der Waals surface area contributed by atoms with E-state index in [9.17, 15) is 9.90 Å². The number of nitrogens with zero attached hydrogens (tertiary/aromatic N) is 1. The van der Waals surface area contributed by atoms with Gasteiger partial charge in [-0.25, -0.2) is 0 Å². The van der Waals surface area contributed by atoms with Crippen LogP contribution in [-0.2, 0) is 17.6 Å². The number of aliphatic hydroxyl groups is 1. The number of hydrogen-bond acceptors (Lipinski definition) is 4. The van der Waals surface area contributed by atoms with Crippen molar-refractivity contribution in [3.05, 3.63) is 52.5 Å². The maximum atomic E-state index is 12.2. The van der Waals surface area contributed by atoms with E-state index in [0.717, 1.165) is 24.1 Å². The predicted molar refractivity (Wildman–Crippen MR) is 86.6 cm³/mol. The summed E-state index contributed by atoms with van der Waals surface area (Å²) in [5.74, 6) is 0.379. The molecule has 1 aliphatic carbocycles. The van der Waals surface area contributed by atoms with E-state index in [1.165, 1.54) is 0 Å². The van der Waals surface area contributed by atoms with E-state index < -0.39 is 0 Å². The molecule has 0 radical (unpaired) electrons. The molecule has 0 bridgehead atoms. The van der Waals surface area contributed by atoms with Gasteiger partial charge in [0.15, 0.2) is 0 Å². The fourth-order valence-corrected chi connectivity index (χ4v) is 3.54. The standard InChI is InChI=1S/C17H20N2O2S/c20-15-8-13(9-15)16(10-14-3-1-2-5-18-14)19-17(21)7-12-4-6-22-11-12/h1-6,11,13,15-16,20H,7-10H2,(H,19,21)/t13?,15?,16-/m1/s1. The highest BCUT2D eigenvalue weighted by Crippen LogP contribution is 2.31. The van der Waals surface area contributed by atoms with Crippen molar-refractivity contribution in [3.8, 4) is 0 Å². The largest absolute Gasteiger partial charge is 0.393 e. The molecule has 3 rings (SSSR count). The summed E-state index contributed by atoms with van der Waals surface area (Å²) in [7, 11) is 0. The van der Waals surface area contributed by atoms with Gasteiger partial charge in [0.1, 0.15) is 0 Å². The molecule has 1 atom stereocenters. The molecule has 2 aromatic heterocycles. The van der Waals surface area contributed by atoms with E-state index in [0.29, 0.717) is 18.8 Å². The minimum absolute atomic E-state index is 0.0423. The van der Waals surface area contributed by atoms with Crippen LogP contribution in [0.3, 0.4) is 0 Å². The average Bonchev–Trinajstić information content (AvgIpc) is 2.97. The van der Waals surface area contributed by atoms with E-state index >= 15 is 0 Å². The molecule has 0 saturated heterocycles. The van der Waals surface area contributed by atoms with E-state index in [4.69, 9.17) is 0 Å². The van der Waals surface area contributed by atoms with Crippen molar-refractivity contribution in [2.75, 3.05) is 0 Å². The fourth-order valence-electron chi connectivity index (χ4n) is 2.87. The predicted octanol–water partition coefficient (Wildman–Crippen LogP) is 2.18. The molecule has 0 aromatic carbocycles. The Morgan fingerprint density at radius 2 is 2.27 bits per heavy atom. The highest BCUT2D eigenvalue weighted by atomic mass is 32.1. The van der Waals surface area contributed by atoms with Crippen LogP contribution in [0.1, 0.15) is 24.1 Å². The van der Waals surface area contributed by atoms with Crippen LogP contribution in [0.5, 0.6) is 0 Å². The van der Waals surface area contributed by atoms with Gasteiger partial charge in [-0.2, -0.15) is 11.3 Å². The number of nitrogens with one attached hydrogen (secondary N) is 1. The molecule has 4 nitrogen and oxygen atoms in total. The zero-order chi connectivity index (χ0) is 15.4. The van der Waals surface area contributed by atoms with Gasteiger partial charge in [0.05, 0.1) is 12.5 Å². The fraction of sp³-hybridized carbons (Fsp3) is 0.412. The summed E-state index contributed by atoms with van der Waals surface area (Å²) in [5.41, 5.74) is 2.03. The minimum atomic E-state index is -0.218. The Kier molecular flexibility index (Phi) is 4.85. The number of carbonyl (C=O) groups is 1. The summed E-state index contributed by atoms with van der Waals surface area (Å²) >= 11 is 1.60. The van der Waals surface area contributed by atoms with Crippen molar-refractivity contribution in [2.45, 2.75) is 37.8 Å². The summed E-state index contributed by atoms with van der Waals surface area (Å²) in [6.45, 7) is 0. The van der Waals surface area contributed by atoms with Crippen LogP contribution < -0.4 is 5.32 Å². The number of carbonyl (C=O) groups excluding carboxylic acids is 1. The number of thiophene rings is 1. The van der Waals surface area contributed by atoms with Crippen LogP contribution >= 0.6 is 11.3 Å². The maximum absolute atomic E-state index is 12.2. The summed E-state index contributed by atoms with van der Waals surface area (Å²) in [6, 6.07) is 7.85. The van der Waals surface area contributed by atoms with Crippen molar-refractivity contribution in [3.63, 3.8) is 0 Å². The Labute approximate surface area is 134 Å². The monoisotopic (exact) mass is 316 g/mol. The molecular formula is C17H20N2O2S. The number of aromatic nitrogens is 1. The summed E-state index contributed by atoms with van der Waals surface area (Å²) in [6.07, 6.45) is 4.21. The van der Waals surface area contributed by atoms with Crippen LogP contribution in [-0.4, -0.2) is 28.1 Å². The third kappa shape index (κ3) is 3.93. The smallest absolute Gasteiger partial charge is 0.224 e. The number of pyridine rings is 1. The molecule has 1 aliphatic rings. The van der Waals surface area contributed by atoms with Gasteiger partial charge in [-0.3, -0.25) is 9.78 Å². The van der Waals surface area contributed by atoms with Gasteiger partial charge < -0.3 is 10.4 Å². The molecular weight excluding hydrogens is 296 g/mol. The van der Waals surface area contributed by atoms with Crippen molar-refractivity contribution in [1.82, 2.24) is 10.3 Å². The number of amides is 1. The SMILES string of the molecule is O=C(Cc1ccsc1)N[C@H](Cc1ccccn1)C1CC(O)C1. The maximum Gasteiger partial charge on any atom is 0.224 e. The zero-order valence-corrected chi connectivity index (χ0v) is 13.1. The minimum Gasteiger partial charge on any atom is -0.393 e. The third-order valence-corrected chi connectivity index (χ3v) is 4.90. The van der Waals surface area contributed by atoms with Gasteiger partial charge in [0, 0.05) is 24.4 Å². The second-order valence-corrected chi connectivity index (χ2v) is 6.67. The van der Waals surface area contributed by atoms with Gasteiger partial charge in [-0.05, 0) is 53.3 Å². The highest BCUT2D eigenvalue weighted by molar-refractivity contribution is 7.07. The van der Waals surface area contributed by atoms with Gasteiger partial charge in [-0.15, -0.1) is 0 Å². The first-order valence-corrected chi connectivity index (χ1v) is 8.53. The molecule has 2 heterocycles. The average molecular weight is 316 g/mol. The van der Waals surface area contributed by atoms with Crippen LogP contribution in [0.4, 0.5) is 0 Å². The van der Waals surface area contributed by atoms with Crippen LogP contribution in [0.2, 0.25) is 0 Å². The molecule has 2 N–H and O–H groups in total. The molecule has 5 heteroatoms. The Bertz CT molecular complexity index is 594. The number of aliphatic hydroxyl groups excluding tert-OH is 1. The van der Waals surface area contributed by atoms with Gasteiger partial charge in [-0.1, -0.05) is 6.07 Å². The van der Waals surface area contributed by atoms with Crippen molar-refractivity contribution in [2.24, 2.45) is 5.92 Å². The molecule has 0 spiro atoms. The van der Waals surface area contributed by atoms with Crippen LogP contribution in [0.15, 0.2) is 41.2 Å². The number of rotatable bonds is 6. The third-order valence-electron chi connectivity index (χ3n) is 4.17. The Morgan fingerprint density at radius 3 is 2.91 bits per heavy atom. The van der Waals surface area contributed by atoms with Crippen LogP contribution in [0, 0.1) is 5.92 Å². The zero-order valence-electron chi connectivity index (χ0n) is 12.3. The number of hydrogen-bond donors (Lipinski definition) is 2. The topological polar surface area (TPSA) is 62.2 Å². The van der Waals surface area contributed by atoms with E-state index in [-0.39, 0.29) is 18.1 Å². The van der Waals surface area contributed by atoms with Gasteiger partial charge in [0.2, 0.25) is 5.91 Å². The second-order valence-electron chi connectivity index (χ2n) is 5.89. The molecule has 116 valence electrons. The van der Waals surface area contributed by atoms with E-state index in [2.05, 4.69) is 10.3 Å². The Morgan fingerprint density at radius 1 is 1.41 bits per heavy atom. The molecule has 1 amide bonds. The lowest BCUT2D eigenvalue weighted by Crippen LogP contribution is -2.48.